The Morgan fingerprint density at radius 3 is 3.00 bits per heavy atom. The van der Waals surface area contributed by atoms with E-state index in [0.717, 1.165) is 0 Å². The molecule has 0 bridgehead atoms. The van der Waals surface area contributed by atoms with Crippen LogP contribution in [0, 0.1) is 0 Å². The zero-order valence-electron chi connectivity index (χ0n) is 7.47. The van der Waals surface area contributed by atoms with Crippen LogP contribution < -0.4 is 4.74 Å². The van der Waals surface area contributed by atoms with Crippen molar-refractivity contribution in [3.05, 3.63) is 24.0 Å². The number of ether oxygens (including phenoxy) is 1. The van der Waals surface area contributed by atoms with Crippen LogP contribution in [0.5, 0.6) is 5.75 Å². The topological polar surface area (TPSA) is 62.6 Å². The number of aliphatic hydroxyl groups is 2. The first-order valence-electron chi connectivity index (χ1n) is 4.06. The number of hydrogen-bond donors (Lipinski definition) is 2. The summed E-state index contributed by atoms with van der Waals surface area (Å²) in [6.45, 7) is -0.0555. The van der Waals surface area contributed by atoms with Gasteiger partial charge in [0, 0.05) is 25.3 Å². The molecule has 0 aromatic carbocycles. The van der Waals surface area contributed by atoms with Crippen molar-refractivity contribution < 1.29 is 14.9 Å². The SMILES string of the molecule is COc1ccnc(C(O)CCO)c1. The zero-order chi connectivity index (χ0) is 9.68. The first-order valence-corrected chi connectivity index (χ1v) is 4.06. The molecule has 1 aromatic rings. The molecule has 1 atom stereocenters. The Balaban J connectivity index is 2.75. The number of pyridine rings is 1. The summed E-state index contributed by atoms with van der Waals surface area (Å²) in [5.74, 6) is 0.655. The molecule has 4 nitrogen and oxygen atoms in total. The first kappa shape index (κ1) is 9.95. The highest BCUT2D eigenvalue weighted by Gasteiger charge is 2.08. The van der Waals surface area contributed by atoms with Crippen LogP contribution in [-0.4, -0.2) is 28.9 Å². The van der Waals surface area contributed by atoms with Gasteiger partial charge in [0.25, 0.3) is 0 Å². The van der Waals surface area contributed by atoms with Crippen LogP contribution >= 0.6 is 0 Å². The molecule has 0 aliphatic heterocycles. The molecule has 0 radical (unpaired) electrons. The third-order valence-corrected chi connectivity index (χ3v) is 1.73. The lowest BCUT2D eigenvalue weighted by Gasteiger charge is -2.08. The fraction of sp³-hybridized carbons (Fsp3) is 0.444. The van der Waals surface area contributed by atoms with Gasteiger partial charge in [-0.2, -0.15) is 0 Å². The van der Waals surface area contributed by atoms with E-state index < -0.39 is 6.10 Å². The smallest absolute Gasteiger partial charge is 0.122 e. The summed E-state index contributed by atoms with van der Waals surface area (Å²) in [5.41, 5.74) is 0.522. The maximum Gasteiger partial charge on any atom is 0.122 e. The lowest BCUT2D eigenvalue weighted by molar-refractivity contribution is 0.130. The molecule has 13 heavy (non-hydrogen) atoms. The van der Waals surface area contributed by atoms with E-state index in [4.69, 9.17) is 9.84 Å². The van der Waals surface area contributed by atoms with E-state index in [1.54, 1.807) is 25.4 Å². The molecule has 0 saturated heterocycles. The number of aliphatic hydroxyl groups excluding tert-OH is 2. The predicted octanol–water partition coefficient (Wildman–Crippen LogP) is 0.506. The van der Waals surface area contributed by atoms with Crippen LogP contribution in [0.4, 0.5) is 0 Å². The van der Waals surface area contributed by atoms with E-state index in [0.29, 0.717) is 17.9 Å². The molecule has 0 amide bonds. The fourth-order valence-electron chi connectivity index (χ4n) is 1.01. The Hall–Kier alpha value is -1.13. The minimum atomic E-state index is -0.722. The van der Waals surface area contributed by atoms with Crippen molar-refractivity contribution in [2.45, 2.75) is 12.5 Å². The van der Waals surface area contributed by atoms with Gasteiger partial charge in [-0.25, -0.2) is 0 Å². The monoisotopic (exact) mass is 183 g/mol. The third kappa shape index (κ3) is 2.68. The van der Waals surface area contributed by atoms with Gasteiger partial charge in [-0.3, -0.25) is 4.98 Å². The largest absolute Gasteiger partial charge is 0.497 e. The van der Waals surface area contributed by atoms with E-state index in [2.05, 4.69) is 4.98 Å². The molecule has 1 rings (SSSR count). The maximum atomic E-state index is 9.46. The van der Waals surface area contributed by atoms with Crippen molar-refractivity contribution in [1.82, 2.24) is 4.98 Å². The van der Waals surface area contributed by atoms with Crippen molar-refractivity contribution in [3.63, 3.8) is 0 Å². The van der Waals surface area contributed by atoms with Gasteiger partial charge in [-0.1, -0.05) is 0 Å². The molecule has 1 aromatic heterocycles. The standard InChI is InChI=1S/C9H13NO3/c1-13-7-2-4-10-8(6-7)9(12)3-5-11/h2,4,6,9,11-12H,3,5H2,1H3. The maximum absolute atomic E-state index is 9.46. The van der Waals surface area contributed by atoms with Crippen molar-refractivity contribution in [2.75, 3.05) is 13.7 Å². The molecule has 0 saturated carbocycles. The van der Waals surface area contributed by atoms with Crippen LogP contribution in [-0.2, 0) is 0 Å². The molecule has 0 spiro atoms. The summed E-state index contributed by atoms with van der Waals surface area (Å²) in [6.07, 6.45) is 1.13. The molecule has 0 aliphatic carbocycles. The Morgan fingerprint density at radius 2 is 2.38 bits per heavy atom. The van der Waals surface area contributed by atoms with Crippen LogP contribution in [0.1, 0.15) is 18.2 Å². The second-order valence-electron chi connectivity index (χ2n) is 2.65. The summed E-state index contributed by atoms with van der Waals surface area (Å²) >= 11 is 0. The van der Waals surface area contributed by atoms with E-state index >= 15 is 0 Å². The lowest BCUT2D eigenvalue weighted by atomic mass is 10.2. The normalized spacial score (nSPS) is 12.5. The summed E-state index contributed by atoms with van der Waals surface area (Å²) in [7, 11) is 1.55. The zero-order valence-corrected chi connectivity index (χ0v) is 7.47. The number of methoxy groups -OCH3 is 1. The van der Waals surface area contributed by atoms with Crippen molar-refractivity contribution in [1.29, 1.82) is 0 Å². The molecule has 0 fully saturated rings. The van der Waals surface area contributed by atoms with Crippen molar-refractivity contribution in [2.24, 2.45) is 0 Å². The second kappa shape index (κ2) is 4.79. The molecule has 1 unspecified atom stereocenters. The van der Waals surface area contributed by atoms with Gasteiger partial charge in [0.05, 0.1) is 18.9 Å². The minimum Gasteiger partial charge on any atom is -0.497 e. The lowest BCUT2D eigenvalue weighted by Crippen LogP contribution is -2.02. The van der Waals surface area contributed by atoms with Gasteiger partial charge in [0.1, 0.15) is 5.75 Å². The van der Waals surface area contributed by atoms with Crippen molar-refractivity contribution >= 4 is 0 Å². The average molecular weight is 183 g/mol. The fourth-order valence-corrected chi connectivity index (χ4v) is 1.01. The summed E-state index contributed by atoms with van der Waals surface area (Å²) in [6, 6.07) is 3.36. The molecule has 0 aliphatic rings. The highest BCUT2D eigenvalue weighted by molar-refractivity contribution is 5.23. The molecule has 72 valence electrons. The van der Waals surface area contributed by atoms with Gasteiger partial charge >= 0.3 is 0 Å². The highest BCUT2D eigenvalue weighted by atomic mass is 16.5. The van der Waals surface area contributed by atoms with Gasteiger partial charge in [-0.05, 0) is 6.07 Å². The Bertz CT molecular complexity index is 265. The number of nitrogens with zero attached hydrogens (tertiary/aromatic N) is 1. The molecular weight excluding hydrogens is 170 g/mol. The summed E-state index contributed by atoms with van der Waals surface area (Å²) in [4.78, 5) is 3.96. The highest BCUT2D eigenvalue weighted by Crippen LogP contribution is 2.18. The van der Waals surface area contributed by atoms with E-state index in [-0.39, 0.29) is 6.61 Å². The summed E-state index contributed by atoms with van der Waals surface area (Å²) in [5, 5.41) is 18.1. The number of aromatic nitrogens is 1. The Morgan fingerprint density at radius 1 is 1.62 bits per heavy atom. The van der Waals surface area contributed by atoms with E-state index in [1.807, 2.05) is 0 Å². The van der Waals surface area contributed by atoms with Crippen LogP contribution in [0.15, 0.2) is 18.3 Å². The quantitative estimate of drug-likeness (QED) is 0.713. The molecule has 4 heteroatoms. The second-order valence-corrected chi connectivity index (χ2v) is 2.65. The van der Waals surface area contributed by atoms with Gasteiger partial charge in [0.15, 0.2) is 0 Å². The minimum absolute atomic E-state index is 0.0555. The number of hydrogen-bond acceptors (Lipinski definition) is 4. The Kier molecular flexibility index (Phi) is 3.67. The van der Waals surface area contributed by atoms with Crippen LogP contribution in [0.25, 0.3) is 0 Å². The van der Waals surface area contributed by atoms with Gasteiger partial charge in [0.2, 0.25) is 0 Å². The van der Waals surface area contributed by atoms with E-state index in [1.165, 1.54) is 0 Å². The predicted molar refractivity (Wildman–Crippen MR) is 47.5 cm³/mol. The first-order chi connectivity index (χ1) is 6.27. The van der Waals surface area contributed by atoms with Gasteiger partial charge < -0.3 is 14.9 Å². The van der Waals surface area contributed by atoms with Crippen LogP contribution in [0.2, 0.25) is 0 Å². The molecular formula is C9H13NO3. The molecule has 2 N–H and O–H groups in total. The van der Waals surface area contributed by atoms with Gasteiger partial charge in [-0.15, -0.1) is 0 Å². The Labute approximate surface area is 76.8 Å². The third-order valence-electron chi connectivity index (χ3n) is 1.73. The molecule has 1 heterocycles. The van der Waals surface area contributed by atoms with Crippen LogP contribution in [0.3, 0.4) is 0 Å². The summed E-state index contributed by atoms with van der Waals surface area (Å²) < 4.78 is 4.97. The van der Waals surface area contributed by atoms with Crippen molar-refractivity contribution in [3.8, 4) is 5.75 Å². The van der Waals surface area contributed by atoms with E-state index in [9.17, 15) is 5.11 Å². The number of rotatable bonds is 4. The average Bonchev–Trinajstić information content (AvgIpc) is 2.18.